The molecule has 4 aliphatic rings. The number of anilines is 1. The van der Waals surface area contributed by atoms with Gasteiger partial charge in [-0.25, -0.2) is 23.1 Å². The third kappa shape index (κ3) is 9.80. The SMILES string of the molecule is CC1(C)CCC(CN2CCN(c3ccc(C(=O)NS(=O)(=O)c4ccc(OC[C@H]5OCCN(C6CC6)CC5[Si])c([N+](=O)[O-])c4)c(-n4[nH]cc5nc6nccc6cc54)c3)CC2)=C(c2ccc(Cl)cc2)C1. The van der Waals surface area contributed by atoms with Gasteiger partial charge in [-0.3, -0.25) is 34.5 Å². The maximum absolute atomic E-state index is 14.3. The number of fused-ring (bicyclic) bond motifs is 2. The van der Waals surface area contributed by atoms with Gasteiger partial charge in [-0.1, -0.05) is 43.2 Å². The Balaban J connectivity index is 0.888. The molecule has 2 N–H and O–H groups in total. The molecule has 2 aliphatic heterocycles. The summed E-state index contributed by atoms with van der Waals surface area (Å²) in [6.45, 7) is 10.7. The van der Waals surface area contributed by atoms with E-state index in [2.05, 4.69) is 70.7 Å². The monoisotopic (exact) mass is 974 g/mol. The van der Waals surface area contributed by atoms with Gasteiger partial charge in [-0.05, 0) is 109 Å². The number of aromatic nitrogens is 4. The van der Waals surface area contributed by atoms with Crippen LogP contribution in [-0.2, 0) is 14.8 Å². The molecule has 3 aromatic carbocycles. The molecule has 3 aromatic heterocycles. The van der Waals surface area contributed by atoms with Gasteiger partial charge in [-0.2, -0.15) is 0 Å². The van der Waals surface area contributed by atoms with Crippen molar-refractivity contribution in [2.24, 2.45) is 5.41 Å². The molecule has 353 valence electrons. The van der Waals surface area contributed by atoms with Crippen LogP contribution in [0.15, 0.2) is 95.7 Å². The lowest BCUT2D eigenvalue weighted by Gasteiger charge is -2.39. The number of piperazine rings is 1. The fourth-order valence-corrected chi connectivity index (χ4v) is 11.3. The number of carbonyl (C=O) groups excluding carboxylic acids is 1. The molecule has 16 nitrogen and oxygen atoms in total. The number of H-pyrrole nitrogens is 1. The Morgan fingerprint density at radius 3 is 2.60 bits per heavy atom. The minimum atomic E-state index is -4.63. The second-order valence-corrected chi connectivity index (χ2v) is 22.0. The van der Waals surface area contributed by atoms with Crippen molar-refractivity contribution in [1.29, 1.82) is 0 Å². The number of nitrogens with one attached hydrogen (secondary N) is 2. The van der Waals surface area contributed by atoms with Gasteiger partial charge < -0.3 is 14.4 Å². The molecule has 0 bridgehead atoms. The molecular weight excluding hydrogens is 922 g/mol. The number of nitro benzene ring substituents is 1. The molecule has 6 aromatic rings. The van der Waals surface area contributed by atoms with Crippen molar-refractivity contribution in [2.75, 3.05) is 63.9 Å². The van der Waals surface area contributed by atoms with Gasteiger partial charge in [0, 0.05) is 96.7 Å². The number of ether oxygens (including phenoxy) is 2. The molecule has 1 unspecified atom stereocenters. The Bertz CT molecular complexity index is 3040. The third-order valence-electron chi connectivity index (χ3n) is 13.8. The predicted molar refractivity (Wildman–Crippen MR) is 262 cm³/mol. The number of nitro groups is 1. The van der Waals surface area contributed by atoms with Crippen LogP contribution in [0, 0.1) is 15.5 Å². The van der Waals surface area contributed by atoms with Gasteiger partial charge in [0.2, 0.25) is 0 Å². The molecule has 3 radical (unpaired) electrons. The average Bonchev–Trinajstić information content (AvgIpc) is 3.98. The molecule has 0 spiro atoms. The third-order valence-corrected chi connectivity index (χ3v) is 15.9. The number of carbonyl (C=O) groups is 1. The van der Waals surface area contributed by atoms with Crippen molar-refractivity contribution in [2.45, 2.75) is 68.5 Å². The second kappa shape index (κ2) is 18.7. The molecule has 68 heavy (non-hydrogen) atoms. The molecule has 2 atom stereocenters. The van der Waals surface area contributed by atoms with Gasteiger partial charge in [0.15, 0.2) is 11.4 Å². The molecule has 1 amide bonds. The normalized spacial score (nSPS) is 20.7. The highest BCUT2D eigenvalue weighted by Crippen LogP contribution is 2.43. The summed E-state index contributed by atoms with van der Waals surface area (Å²) >= 11 is 6.27. The summed E-state index contributed by atoms with van der Waals surface area (Å²) in [6, 6.07) is 21.2. The van der Waals surface area contributed by atoms with Crippen LogP contribution in [-0.4, -0.2) is 130 Å². The summed E-state index contributed by atoms with van der Waals surface area (Å²) in [5.41, 5.74) is 6.81. The van der Waals surface area contributed by atoms with E-state index in [0.717, 1.165) is 100 Å². The largest absolute Gasteiger partial charge is 0.484 e. The van der Waals surface area contributed by atoms with Gasteiger partial charge in [0.25, 0.3) is 15.9 Å². The zero-order valence-electron chi connectivity index (χ0n) is 38.0. The zero-order valence-corrected chi connectivity index (χ0v) is 40.6. The van der Waals surface area contributed by atoms with Crippen LogP contribution in [0.2, 0.25) is 10.6 Å². The predicted octanol–water partition coefficient (Wildman–Crippen LogP) is 7.57. The van der Waals surface area contributed by atoms with Gasteiger partial charge in [0.05, 0.1) is 39.3 Å². The van der Waals surface area contributed by atoms with E-state index in [9.17, 15) is 23.3 Å². The lowest BCUT2D eigenvalue weighted by atomic mass is 9.72. The maximum Gasteiger partial charge on any atom is 0.312 e. The number of nitrogens with zero attached hydrogens (tertiary/aromatic N) is 7. The number of allylic oxidation sites excluding steroid dienone is 1. The van der Waals surface area contributed by atoms with E-state index < -0.39 is 31.4 Å². The summed E-state index contributed by atoms with van der Waals surface area (Å²) in [7, 11) is -0.854. The highest BCUT2D eigenvalue weighted by molar-refractivity contribution is 7.90. The minimum absolute atomic E-state index is 0.0160. The van der Waals surface area contributed by atoms with E-state index >= 15 is 0 Å². The van der Waals surface area contributed by atoms with Crippen molar-refractivity contribution in [3.8, 4) is 11.4 Å². The molecule has 19 heteroatoms. The molecule has 2 aliphatic carbocycles. The number of halogens is 1. The van der Waals surface area contributed by atoms with Crippen molar-refractivity contribution < 1.29 is 27.6 Å². The number of benzene rings is 3. The van der Waals surface area contributed by atoms with Gasteiger partial charge in [-0.15, -0.1) is 0 Å². The number of rotatable bonds is 13. The Morgan fingerprint density at radius 2 is 1.84 bits per heavy atom. The van der Waals surface area contributed by atoms with Crippen LogP contribution in [0.4, 0.5) is 11.4 Å². The quantitative estimate of drug-likeness (QED) is 0.0660. The van der Waals surface area contributed by atoms with Crippen LogP contribution >= 0.6 is 11.6 Å². The van der Waals surface area contributed by atoms with E-state index in [1.54, 1.807) is 23.1 Å². The lowest BCUT2D eigenvalue weighted by molar-refractivity contribution is -0.386. The second-order valence-electron chi connectivity index (χ2n) is 19.1. The minimum Gasteiger partial charge on any atom is -0.484 e. The van der Waals surface area contributed by atoms with Crippen molar-refractivity contribution in [1.82, 2.24) is 34.3 Å². The molecule has 2 saturated heterocycles. The van der Waals surface area contributed by atoms with Crippen molar-refractivity contribution in [3.05, 3.63) is 117 Å². The van der Waals surface area contributed by atoms with Crippen LogP contribution in [0.5, 0.6) is 5.75 Å². The van der Waals surface area contributed by atoms with E-state index in [1.165, 1.54) is 28.8 Å². The Hall–Kier alpha value is -5.63. The van der Waals surface area contributed by atoms with E-state index in [1.807, 2.05) is 36.4 Å². The van der Waals surface area contributed by atoms with Crippen LogP contribution < -0.4 is 14.4 Å². The van der Waals surface area contributed by atoms with E-state index in [4.69, 9.17) is 21.1 Å². The van der Waals surface area contributed by atoms with Gasteiger partial charge >= 0.3 is 5.69 Å². The number of aromatic amines is 1. The molecule has 1 saturated carbocycles. The van der Waals surface area contributed by atoms with Gasteiger partial charge in [0.1, 0.15) is 12.1 Å². The van der Waals surface area contributed by atoms with E-state index in [-0.39, 0.29) is 35.0 Å². The van der Waals surface area contributed by atoms with Crippen LogP contribution in [0.3, 0.4) is 0 Å². The van der Waals surface area contributed by atoms with Crippen molar-refractivity contribution in [3.63, 3.8) is 0 Å². The van der Waals surface area contributed by atoms with Crippen molar-refractivity contribution >= 4 is 76.8 Å². The molecule has 3 fully saturated rings. The number of hydrogen-bond acceptors (Lipinski definition) is 12. The first-order valence-corrected chi connectivity index (χ1v) is 25.6. The maximum atomic E-state index is 14.3. The summed E-state index contributed by atoms with van der Waals surface area (Å²) in [4.78, 5) is 41.6. The Labute approximate surface area is 403 Å². The first kappa shape index (κ1) is 46.1. The number of pyridine rings is 1. The first-order chi connectivity index (χ1) is 32.7. The molecule has 5 heterocycles. The first-order valence-electron chi connectivity index (χ1n) is 23.1. The lowest BCUT2D eigenvalue weighted by Crippen LogP contribution is -2.47. The standard InChI is InChI=1S/C49H53ClN9O7SSi/c1-49(2)15-13-33(39(26-49)31-3-5-34(50)6-4-31)28-55-17-19-56(20-18-55)36-9-11-38(41(24-36)58-42-23-32-14-16-51-47(32)53-40(42)27-52-58)48(60)54-67(63,64)37-10-12-44(43(25-37)59(61)62)66-30-45-46(68)29-57(21-22-65-45)35-7-8-35/h3-6,9-12,14,16,23-25,27,35,45-46,52H,7-8,13,15,17-22,26,28-30H2,1-2H3,(H,54,60)/t45-,46?/m1/s1. The molecular formula is C49H53ClN9O7SSi. The van der Waals surface area contributed by atoms with Crippen LogP contribution in [0.25, 0.3) is 33.3 Å². The smallest absolute Gasteiger partial charge is 0.312 e. The van der Waals surface area contributed by atoms with E-state index in [0.29, 0.717) is 35.0 Å². The fraction of sp³-hybridized carbons (Fsp3) is 0.408. The topological polar surface area (TPSA) is 181 Å². The summed E-state index contributed by atoms with van der Waals surface area (Å²) < 4.78 is 43.8. The van der Waals surface area contributed by atoms with Crippen LogP contribution in [0.1, 0.15) is 61.9 Å². The fourth-order valence-electron chi connectivity index (χ4n) is 9.78. The summed E-state index contributed by atoms with van der Waals surface area (Å²) in [5.74, 6) is -1.03. The molecule has 10 rings (SSSR count). The Morgan fingerprint density at radius 1 is 1.04 bits per heavy atom. The number of hydrogen-bond donors (Lipinski definition) is 2. The summed E-state index contributed by atoms with van der Waals surface area (Å²) in [6.07, 6.45) is 8.51. The number of amides is 1. The Kier molecular flexibility index (Phi) is 12.7. The highest BCUT2D eigenvalue weighted by atomic mass is 35.5. The highest BCUT2D eigenvalue weighted by Gasteiger charge is 2.35. The zero-order chi connectivity index (χ0) is 47.3. The number of sulfonamides is 1. The average molecular weight is 976 g/mol. The summed E-state index contributed by atoms with van der Waals surface area (Å²) in [5, 5.41) is 17.1.